The van der Waals surface area contributed by atoms with Gasteiger partial charge in [0.05, 0.1) is 11.0 Å². The summed E-state index contributed by atoms with van der Waals surface area (Å²) in [4.78, 5) is 20.8. The van der Waals surface area contributed by atoms with Crippen molar-refractivity contribution in [3.8, 4) is 11.3 Å². The Bertz CT molecular complexity index is 1100. The number of halogens is 3. The van der Waals surface area contributed by atoms with Gasteiger partial charge in [0.15, 0.2) is 17.1 Å². The first-order valence-corrected chi connectivity index (χ1v) is 6.87. The molecule has 0 aliphatic carbocycles. The van der Waals surface area contributed by atoms with Crippen molar-refractivity contribution in [3.05, 3.63) is 45.5 Å². The Labute approximate surface area is 131 Å². The van der Waals surface area contributed by atoms with E-state index in [-0.39, 0.29) is 16.5 Å². The summed E-state index contributed by atoms with van der Waals surface area (Å²) in [6.45, 7) is 0. The summed E-state index contributed by atoms with van der Waals surface area (Å²) in [5.41, 5.74) is 1.14. The summed E-state index contributed by atoms with van der Waals surface area (Å²) >= 11 is 5.90. The van der Waals surface area contributed by atoms with Crippen LogP contribution < -0.4 is 5.69 Å². The molecule has 0 saturated carbocycles. The van der Waals surface area contributed by atoms with E-state index < -0.39 is 12.1 Å². The Morgan fingerprint density at radius 2 is 2.04 bits per heavy atom. The first-order valence-electron chi connectivity index (χ1n) is 6.49. The second kappa shape index (κ2) is 4.88. The van der Waals surface area contributed by atoms with Gasteiger partial charge in [-0.3, -0.25) is 4.98 Å². The van der Waals surface area contributed by atoms with E-state index in [1.165, 1.54) is 0 Å². The van der Waals surface area contributed by atoms with Gasteiger partial charge >= 0.3 is 5.69 Å². The highest BCUT2D eigenvalue weighted by Gasteiger charge is 2.22. The van der Waals surface area contributed by atoms with Crippen LogP contribution in [-0.2, 0) is 0 Å². The van der Waals surface area contributed by atoms with Gasteiger partial charge < -0.3 is 9.51 Å². The maximum atomic E-state index is 12.7. The fraction of sp³-hybridized carbons (Fsp3) is 0.0714. The molecule has 0 unspecified atom stereocenters. The van der Waals surface area contributed by atoms with Crippen LogP contribution in [0.4, 0.5) is 8.78 Å². The van der Waals surface area contributed by atoms with Gasteiger partial charge in [-0.25, -0.2) is 18.6 Å². The molecule has 0 aliphatic rings. The summed E-state index contributed by atoms with van der Waals surface area (Å²) in [5.74, 6) is 0.0616. The molecule has 4 aromatic rings. The fourth-order valence-corrected chi connectivity index (χ4v) is 2.64. The lowest BCUT2D eigenvalue weighted by Gasteiger charge is -2.01. The van der Waals surface area contributed by atoms with Crippen LogP contribution in [0.15, 0.2) is 33.6 Å². The Morgan fingerprint density at radius 1 is 1.22 bits per heavy atom. The molecule has 6 nitrogen and oxygen atoms in total. The largest absolute Gasteiger partial charge is 0.354 e. The van der Waals surface area contributed by atoms with Crippen molar-refractivity contribution < 1.29 is 13.3 Å². The quantitative estimate of drug-likeness (QED) is 0.585. The van der Waals surface area contributed by atoms with Crippen molar-refractivity contribution >= 4 is 33.7 Å². The molecule has 9 heteroatoms. The molecule has 3 heterocycles. The summed E-state index contributed by atoms with van der Waals surface area (Å²) in [6, 6.07) is 6.70. The average molecular weight is 337 g/mol. The molecule has 2 N–H and O–H groups in total. The Morgan fingerprint density at radius 3 is 2.78 bits per heavy atom. The van der Waals surface area contributed by atoms with Gasteiger partial charge in [-0.15, -0.1) is 0 Å². The Balaban J connectivity index is 1.91. The minimum absolute atomic E-state index is 0.0616. The van der Waals surface area contributed by atoms with E-state index in [9.17, 15) is 13.6 Å². The third-order valence-corrected chi connectivity index (χ3v) is 3.79. The van der Waals surface area contributed by atoms with E-state index in [0.717, 1.165) is 0 Å². The number of aromatic nitrogens is 4. The Hall–Kier alpha value is -2.74. The molecule has 0 aliphatic heterocycles. The molecule has 0 bridgehead atoms. The number of hydrogen-bond acceptors (Lipinski definition) is 4. The number of rotatable bonds is 2. The van der Waals surface area contributed by atoms with Gasteiger partial charge in [-0.1, -0.05) is 16.8 Å². The number of nitrogens with zero attached hydrogens (tertiary/aromatic N) is 2. The molecule has 0 radical (unpaired) electrons. The molecule has 3 aromatic heterocycles. The van der Waals surface area contributed by atoms with Crippen LogP contribution in [0.3, 0.4) is 0 Å². The minimum atomic E-state index is -2.81. The minimum Gasteiger partial charge on any atom is -0.354 e. The third-order valence-electron chi connectivity index (χ3n) is 3.42. The number of fused-ring (bicyclic) bond motifs is 2. The zero-order valence-electron chi connectivity index (χ0n) is 11.2. The maximum Gasteiger partial charge on any atom is 0.325 e. The molecule has 116 valence electrons. The molecule has 0 spiro atoms. The maximum absolute atomic E-state index is 12.7. The standard InChI is InChI=1S/C14H7ClF2N4O2/c15-9-10(12(16)17)21-23-11(9)5-1-2-7-6(3-5)4-8-13(18-7)20-14(22)19-8/h1-4,12H,(H2,18,19,20,22). The van der Waals surface area contributed by atoms with Crippen LogP contribution in [0.5, 0.6) is 0 Å². The summed E-state index contributed by atoms with van der Waals surface area (Å²) in [5, 5.41) is 3.77. The first-order chi connectivity index (χ1) is 11.0. The summed E-state index contributed by atoms with van der Waals surface area (Å²) in [7, 11) is 0. The third kappa shape index (κ3) is 2.18. The monoisotopic (exact) mass is 336 g/mol. The van der Waals surface area contributed by atoms with E-state index >= 15 is 0 Å². The molecule has 0 amide bonds. The average Bonchev–Trinajstić information content (AvgIpc) is 3.05. The highest BCUT2D eigenvalue weighted by atomic mass is 35.5. The van der Waals surface area contributed by atoms with Crippen molar-refractivity contribution in [1.82, 2.24) is 20.1 Å². The number of imidazole rings is 1. The molecule has 4 rings (SSSR count). The highest BCUT2D eigenvalue weighted by Crippen LogP contribution is 2.36. The lowest BCUT2D eigenvalue weighted by molar-refractivity contribution is 0.141. The predicted octanol–water partition coefficient (Wildman–Crippen LogP) is 3.65. The zero-order chi connectivity index (χ0) is 16.1. The van der Waals surface area contributed by atoms with Crippen LogP contribution in [0.25, 0.3) is 33.4 Å². The number of pyridine rings is 1. The van der Waals surface area contributed by atoms with E-state index in [4.69, 9.17) is 16.1 Å². The van der Waals surface area contributed by atoms with Gasteiger partial charge in [0, 0.05) is 10.9 Å². The number of benzene rings is 1. The first kappa shape index (κ1) is 13.9. The number of H-pyrrole nitrogens is 2. The fourth-order valence-electron chi connectivity index (χ4n) is 2.38. The second-order valence-corrected chi connectivity index (χ2v) is 5.26. The van der Waals surface area contributed by atoms with Crippen LogP contribution >= 0.6 is 11.6 Å². The van der Waals surface area contributed by atoms with Crippen LogP contribution in [-0.4, -0.2) is 20.1 Å². The van der Waals surface area contributed by atoms with Crippen molar-refractivity contribution in [2.75, 3.05) is 0 Å². The van der Waals surface area contributed by atoms with E-state index in [0.29, 0.717) is 27.6 Å². The summed E-state index contributed by atoms with van der Waals surface area (Å²) < 4.78 is 30.4. The van der Waals surface area contributed by atoms with Crippen molar-refractivity contribution in [2.24, 2.45) is 0 Å². The number of alkyl halides is 2. The number of nitrogens with one attached hydrogen (secondary N) is 2. The molecule has 0 atom stereocenters. The normalized spacial score (nSPS) is 11.8. The topological polar surface area (TPSA) is 87.6 Å². The lowest BCUT2D eigenvalue weighted by atomic mass is 10.1. The van der Waals surface area contributed by atoms with Crippen molar-refractivity contribution in [3.63, 3.8) is 0 Å². The van der Waals surface area contributed by atoms with Crippen molar-refractivity contribution in [2.45, 2.75) is 6.43 Å². The second-order valence-electron chi connectivity index (χ2n) is 4.88. The highest BCUT2D eigenvalue weighted by molar-refractivity contribution is 6.33. The van der Waals surface area contributed by atoms with Gasteiger partial charge in [-0.05, 0) is 24.3 Å². The smallest absolute Gasteiger partial charge is 0.325 e. The van der Waals surface area contributed by atoms with Gasteiger partial charge in [0.2, 0.25) is 0 Å². The van der Waals surface area contributed by atoms with Crippen molar-refractivity contribution in [1.29, 1.82) is 0 Å². The molecule has 0 fully saturated rings. The molecule has 1 aromatic carbocycles. The SMILES string of the molecule is O=c1[nH]c2cc3cc(-c4onc(C(F)F)c4Cl)ccc3nc2[nH]1. The number of hydrogen-bond donors (Lipinski definition) is 2. The van der Waals surface area contributed by atoms with Gasteiger partial charge in [0.1, 0.15) is 5.02 Å². The zero-order valence-corrected chi connectivity index (χ0v) is 12.0. The van der Waals surface area contributed by atoms with E-state index in [1.807, 2.05) is 0 Å². The van der Waals surface area contributed by atoms with Gasteiger partial charge in [-0.2, -0.15) is 0 Å². The molecule has 23 heavy (non-hydrogen) atoms. The van der Waals surface area contributed by atoms with Crippen LogP contribution in [0.1, 0.15) is 12.1 Å². The predicted molar refractivity (Wildman–Crippen MR) is 79.7 cm³/mol. The molecular formula is C14H7ClF2N4O2. The lowest BCUT2D eigenvalue weighted by Crippen LogP contribution is -1.99. The van der Waals surface area contributed by atoms with Gasteiger partial charge in [0.25, 0.3) is 6.43 Å². The van der Waals surface area contributed by atoms with E-state index in [1.54, 1.807) is 24.3 Å². The summed E-state index contributed by atoms with van der Waals surface area (Å²) in [6.07, 6.45) is -2.81. The number of aromatic amines is 2. The van der Waals surface area contributed by atoms with E-state index in [2.05, 4.69) is 20.1 Å². The molecular weight excluding hydrogens is 330 g/mol. The Kier molecular flexibility index (Phi) is 2.95. The van der Waals surface area contributed by atoms with Crippen LogP contribution in [0, 0.1) is 0 Å². The molecule has 0 saturated heterocycles. The van der Waals surface area contributed by atoms with Crippen LogP contribution in [0.2, 0.25) is 5.02 Å².